The van der Waals surface area contributed by atoms with Crippen LogP contribution < -0.4 is 14.4 Å². The first-order valence-electron chi connectivity index (χ1n) is 10.9. The number of aromatic nitrogens is 3. The van der Waals surface area contributed by atoms with Crippen LogP contribution in [-0.4, -0.2) is 52.5 Å². The molecule has 0 unspecified atom stereocenters. The van der Waals surface area contributed by atoms with E-state index in [1.165, 1.54) is 0 Å². The van der Waals surface area contributed by atoms with E-state index in [4.69, 9.17) is 19.4 Å². The van der Waals surface area contributed by atoms with Gasteiger partial charge in [-0.15, -0.1) is 0 Å². The minimum absolute atomic E-state index is 0.0191. The van der Waals surface area contributed by atoms with Crippen LogP contribution in [0.3, 0.4) is 0 Å². The van der Waals surface area contributed by atoms with Crippen molar-refractivity contribution in [3.8, 4) is 17.4 Å². The first-order valence-corrected chi connectivity index (χ1v) is 10.9. The number of methoxy groups -OCH3 is 1. The van der Waals surface area contributed by atoms with Crippen molar-refractivity contribution in [2.24, 2.45) is 0 Å². The fourth-order valence-electron chi connectivity index (χ4n) is 4.14. The standard InChI is InChI=1S/C24H25N5O3/c1-31-18-8-6-17(7-9-18)23(30)29-14-10-20-21(16-29)26-24(28-12-2-3-13-28)27-22(20)32-19-5-4-11-25-15-19/h4-9,11,15H,2-3,10,12-14,16H2,1H3. The van der Waals surface area contributed by atoms with Crippen molar-refractivity contribution in [3.63, 3.8) is 0 Å². The van der Waals surface area contributed by atoms with E-state index in [1.807, 2.05) is 17.0 Å². The van der Waals surface area contributed by atoms with Gasteiger partial charge >= 0.3 is 0 Å². The molecule has 1 fully saturated rings. The molecule has 3 aromatic rings. The predicted molar refractivity (Wildman–Crippen MR) is 119 cm³/mol. The third kappa shape index (κ3) is 4.08. The summed E-state index contributed by atoms with van der Waals surface area (Å²) in [6.45, 7) is 2.86. The molecular weight excluding hydrogens is 406 g/mol. The molecule has 5 rings (SSSR count). The molecule has 1 saturated heterocycles. The zero-order chi connectivity index (χ0) is 21.9. The van der Waals surface area contributed by atoms with Gasteiger partial charge < -0.3 is 19.3 Å². The number of anilines is 1. The maximum Gasteiger partial charge on any atom is 0.254 e. The van der Waals surface area contributed by atoms with Gasteiger partial charge in [0.15, 0.2) is 0 Å². The highest BCUT2D eigenvalue weighted by molar-refractivity contribution is 5.94. The molecule has 2 aliphatic rings. The van der Waals surface area contributed by atoms with Crippen LogP contribution in [0.5, 0.6) is 17.4 Å². The molecule has 0 bridgehead atoms. The summed E-state index contributed by atoms with van der Waals surface area (Å²) in [6.07, 6.45) is 6.27. The number of carbonyl (C=O) groups is 1. The van der Waals surface area contributed by atoms with E-state index in [-0.39, 0.29) is 5.91 Å². The normalized spacial score (nSPS) is 15.4. The molecule has 4 heterocycles. The molecule has 0 radical (unpaired) electrons. The average Bonchev–Trinajstić information content (AvgIpc) is 3.39. The maximum absolute atomic E-state index is 13.1. The van der Waals surface area contributed by atoms with E-state index in [1.54, 1.807) is 43.8 Å². The fraction of sp³-hybridized carbons (Fsp3) is 0.333. The quantitative estimate of drug-likeness (QED) is 0.612. The Kier molecular flexibility index (Phi) is 5.58. The second kappa shape index (κ2) is 8.82. The van der Waals surface area contributed by atoms with Crippen molar-refractivity contribution in [3.05, 3.63) is 65.6 Å². The minimum Gasteiger partial charge on any atom is -0.497 e. The van der Waals surface area contributed by atoms with Gasteiger partial charge in [-0.25, -0.2) is 4.98 Å². The number of hydrogen-bond donors (Lipinski definition) is 0. The monoisotopic (exact) mass is 431 g/mol. The van der Waals surface area contributed by atoms with E-state index in [9.17, 15) is 4.79 Å². The molecular formula is C24H25N5O3. The molecule has 0 saturated carbocycles. The van der Waals surface area contributed by atoms with E-state index in [0.717, 1.165) is 42.9 Å². The summed E-state index contributed by atoms with van der Waals surface area (Å²) in [5, 5.41) is 0. The number of fused-ring (bicyclic) bond motifs is 1. The first kappa shape index (κ1) is 20.2. The molecule has 8 nitrogen and oxygen atoms in total. The number of pyridine rings is 1. The number of nitrogens with zero attached hydrogens (tertiary/aromatic N) is 5. The zero-order valence-electron chi connectivity index (χ0n) is 18.0. The molecule has 164 valence electrons. The lowest BCUT2D eigenvalue weighted by atomic mass is 10.0. The van der Waals surface area contributed by atoms with E-state index < -0.39 is 0 Å². The number of benzene rings is 1. The van der Waals surface area contributed by atoms with Gasteiger partial charge in [-0.2, -0.15) is 4.98 Å². The summed E-state index contributed by atoms with van der Waals surface area (Å²) in [7, 11) is 1.61. The number of hydrogen-bond acceptors (Lipinski definition) is 7. The van der Waals surface area contributed by atoms with Gasteiger partial charge in [0.2, 0.25) is 11.8 Å². The average molecular weight is 431 g/mol. The Morgan fingerprint density at radius 2 is 1.81 bits per heavy atom. The number of amides is 1. The predicted octanol–water partition coefficient (Wildman–Crippen LogP) is 3.47. The number of rotatable bonds is 5. The third-order valence-corrected chi connectivity index (χ3v) is 5.88. The molecule has 1 amide bonds. The third-order valence-electron chi connectivity index (χ3n) is 5.88. The van der Waals surface area contributed by atoms with Gasteiger partial charge in [0.05, 0.1) is 25.5 Å². The Balaban J connectivity index is 1.45. The second-order valence-corrected chi connectivity index (χ2v) is 7.94. The Labute approximate surface area is 186 Å². The highest BCUT2D eigenvalue weighted by Gasteiger charge is 2.28. The highest BCUT2D eigenvalue weighted by atomic mass is 16.5. The fourth-order valence-corrected chi connectivity index (χ4v) is 4.14. The zero-order valence-corrected chi connectivity index (χ0v) is 18.0. The number of carbonyl (C=O) groups excluding carboxylic acids is 1. The molecule has 32 heavy (non-hydrogen) atoms. The second-order valence-electron chi connectivity index (χ2n) is 7.94. The van der Waals surface area contributed by atoms with E-state index in [2.05, 4.69) is 9.88 Å². The summed E-state index contributed by atoms with van der Waals surface area (Å²) in [5.41, 5.74) is 2.43. The molecule has 0 N–H and O–H groups in total. The molecule has 2 aliphatic heterocycles. The van der Waals surface area contributed by atoms with Crippen LogP contribution in [0.2, 0.25) is 0 Å². The molecule has 8 heteroatoms. The summed E-state index contributed by atoms with van der Waals surface area (Å²) in [4.78, 5) is 30.9. The summed E-state index contributed by atoms with van der Waals surface area (Å²) in [6, 6.07) is 10.9. The summed E-state index contributed by atoms with van der Waals surface area (Å²) in [5.74, 6) is 2.57. The van der Waals surface area contributed by atoms with Crippen molar-refractivity contribution in [2.75, 3.05) is 31.6 Å². The van der Waals surface area contributed by atoms with E-state index in [0.29, 0.717) is 42.7 Å². The molecule has 2 aromatic heterocycles. The van der Waals surface area contributed by atoms with Crippen molar-refractivity contribution in [1.29, 1.82) is 0 Å². The van der Waals surface area contributed by atoms with Crippen molar-refractivity contribution in [2.45, 2.75) is 25.8 Å². The topological polar surface area (TPSA) is 80.7 Å². The minimum atomic E-state index is -0.0191. The smallest absolute Gasteiger partial charge is 0.254 e. The van der Waals surface area contributed by atoms with Gasteiger partial charge in [-0.1, -0.05) is 0 Å². The highest BCUT2D eigenvalue weighted by Crippen LogP contribution is 2.32. The van der Waals surface area contributed by atoms with Crippen molar-refractivity contribution < 1.29 is 14.3 Å². The van der Waals surface area contributed by atoms with Crippen molar-refractivity contribution >= 4 is 11.9 Å². The van der Waals surface area contributed by atoms with E-state index >= 15 is 0 Å². The first-order chi connectivity index (χ1) is 15.7. The van der Waals surface area contributed by atoms with Gasteiger partial charge in [0.1, 0.15) is 11.5 Å². The Morgan fingerprint density at radius 1 is 1.00 bits per heavy atom. The summed E-state index contributed by atoms with van der Waals surface area (Å²) < 4.78 is 11.3. The maximum atomic E-state index is 13.1. The van der Waals surface area contributed by atoms with Gasteiger partial charge in [0, 0.05) is 37.0 Å². The lowest BCUT2D eigenvalue weighted by molar-refractivity contribution is 0.0730. The largest absolute Gasteiger partial charge is 0.497 e. The number of ether oxygens (including phenoxy) is 2. The van der Waals surface area contributed by atoms with Crippen LogP contribution in [0.25, 0.3) is 0 Å². The van der Waals surface area contributed by atoms with Crippen LogP contribution in [-0.2, 0) is 13.0 Å². The molecule has 0 aliphatic carbocycles. The molecule has 0 spiro atoms. The Bertz CT molecular complexity index is 1100. The van der Waals surface area contributed by atoms with Gasteiger partial charge in [0.25, 0.3) is 5.91 Å². The lowest BCUT2D eigenvalue weighted by Gasteiger charge is -2.30. The molecule has 1 aromatic carbocycles. The van der Waals surface area contributed by atoms with Crippen LogP contribution in [0.15, 0.2) is 48.8 Å². The lowest BCUT2D eigenvalue weighted by Crippen LogP contribution is -2.37. The van der Waals surface area contributed by atoms with Gasteiger partial charge in [-0.05, 0) is 55.7 Å². The van der Waals surface area contributed by atoms with Gasteiger partial charge in [-0.3, -0.25) is 9.78 Å². The Morgan fingerprint density at radius 3 is 2.53 bits per heavy atom. The van der Waals surface area contributed by atoms with Crippen LogP contribution in [0.1, 0.15) is 34.5 Å². The molecule has 0 atom stereocenters. The van der Waals surface area contributed by atoms with Crippen LogP contribution in [0, 0.1) is 0 Å². The van der Waals surface area contributed by atoms with Crippen LogP contribution in [0.4, 0.5) is 5.95 Å². The SMILES string of the molecule is COc1ccc(C(=O)N2CCc3c(nc(N4CCCC4)nc3Oc3cccnc3)C2)cc1. The Hall–Kier alpha value is -3.68. The summed E-state index contributed by atoms with van der Waals surface area (Å²) >= 11 is 0. The van der Waals surface area contributed by atoms with Crippen molar-refractivity contribution in [1.82, 2.24) is 19.9 Å². The van der Waals surface area contributed by atoms with Crippen LogP contribution >= 0.6 is 0 Å².